The van der Waals surface area contributed by atoms with Gasteiger partial charge in [-0.05, 0) is 13.3 Å². The minimum Gasteiger partial charge on any atom is -0.448 e. The molecule has 0 fully saturated rings. The summed E-state index contributed by atoms with van der Waals surface area (Å²) in [5.74, 6) is 0.769. The summed E-state index contributed by atoms with van der Waals surface area (Å²) < 4.78 is 5.21. The Morgan fingerprint density at radius 1 is 1.69 bits per heavy atom. The molecule has 1 rings (SSSR count). The van der Waals surface area contributed by atoms with Crippen molar-refractivity contribution < 1.29 is 4.42 Å². The molecule has 0 radical (unpaired) electrons. The monoisotopic (exact) mass is 177 g/mol. The zero-order valence-electron chi connectivity index (χ0n) is 8.21. The number of aryl methyl sites for hydroxylation is 1. The van der Waals surface area contributed by atoms with E-state index in [9.17, 15) is 0 Å². The van der Waals surface area contributed by atoms with E-state index in [0.29, 0.717) is 0 Å². The van der Waals surface area contributed by atoms with Gasteiger partial charge >= 0.3 is 0 Å². The molecule has 0 aromatic carbocycles. The van der Waals surface area contributed by atoms with Gasteiger partial charge in [0.2, 0.25) is 0 Å². The maximum Gasteiger partial charge on any atom is 0.198 e. The molecular weight excluding hydrogens is 162 g/mol. The van der Waals surface area contributed by atoms with Gasteiger partial charge in [-0.25, -0.2) is 4.98 Å². The van der Waals surface area contributed by atoms with Gasteiger partial charge in [0, 0.05) is 6.42 Å². The Hall–Kier alpha value is -1.31. The minimum atomic E-state index is 0.753. The smallest absolute Gasteiger partial charge is 0.198 e. The predicted octanol–water partition coefficient (Wildman–Crippen LogP) is 3.05. The van der Waals surface area contributed by atoms with Crippen molar-refractivity contribution in [3.05, 3.63) is 42.2 Å². The fraction of sp³-hybridized carbons (Fsp3) is 0.364. The third-order valence-corrected chi connectivity index (χ3v) is 1.88. The Balaban J connectivity index is 2.59. The van der Waals surface area contributed by atoms with Gasteiger partial charge in [-0.2, -0.15) is 0 Å². The number of hydrogen-bond acceptors (Lipinski definition) is 2. The lowest BCUT2D eigenvalue weighted by Gasteiger charge is -1.93. The van der Waals surface area contributed by atoms with E-state index in [1.807, 2.05) is 13.0 Å². The minimum absolute atomic E-state index is 0.753. The molecule has 70 valence electrons. The molecule has 1 heterocycles. The Morgan fingerprint density at radius 2 is 2.46 bits per heavy atom. The molecule has 2 nitrogen and oxygen atoms in total. The van der Waals surface area contributed by atoms with Crippen LogP contribution in [0.4, 0.5) is 0 Å². The normalized spacial score (nSPS) is 11.7. The quantitative estimate of drug-likeness (QED) is 0.661. The first-order valence-electron chi connectivity index (χ1n) is 4.48. The summed E-state index contributed by atoms with van der Waals surface area (Å²) in [5, 5.41) is 0. The number of aromatic nitrogens is 1. The molecule has 0 bridgehead atoms. The molecule has 0 amide bonds. The molecule has 1 aromatic rings. The Kier molecular flexibility index (Phi) is 3.50. The van der Waals surface area contributed by atoms with Crippen molar-refractivity contribution in [1.29, 1.82) is 0 Å². The van der Waals surface area contributed by atoms with E-state index < -0.39 is 0 Å². The highest BCUT2D eigenvalue weighted by Gasteiger charge is 1.97. The fourth-order valence-electron chi connectivity index (χ4n) is 1.09. The first-order chi connectivity index (χ1) is 6.26. The van der Waals surface area contributed by atoms with E-state index in [0.717, 1.165) is 24.4 Å². The van der Waals surface area contributed by atoms with Crippen LogP contribution >= 0.6 is 0 Å². The predicted molar refractivity (Wildman–Crippen MR) is 53.5 cm³/mol. The van der Waals surface area contributed by atoms with Crippen LogP contribution in [0, 0.1) is 6.92 Å². The third-order valence-electron chi connectivity index (χ3n) is 1.88. The first kappa shape index (κ1) is 9.78. The van der Waals surface area contributed by atoms with Crippen molar-refractivity contribution in [3.63, 3.8) is 0 Å². The van der Waals surface area contributed by atoms with E-state index in [1.165, 1.54) is 5.57 Å². The lowest BCUT2D eigenvalue weighted by molar-refractivity contribution is 0.508. The molecule has 0 saturated carbocycles. The highest BCUT2D eigenvalue weighted by atomic mass is 16.3. The summed E-state index contributed by atoms with van der Waals surface area (Å²) in [5.41, 5.74) is 2.16. The lowest BCUT2D eigenvalue weighted by atomic mass is 10.1. The first-order valence-corrected chi connectivity index (χ1v) is 4.48. The van der Waals surface area contributed by atoms with E-state index in [1.54, 1.807) is 6.26 Å². The van der Waals surface area contributed by atoms with E-state index in [-0.39, 0.29) is 0 Å². The second-order valence-electron chi connectivity index (χ2n) is 2.92. The van der Waals surface area contributed by atoms with Gasteiger partial charge in [-0.3, -0.25) is 0 Å². The molecule has 0 aliphatic carbocycles. The zero-order valence-corrected chi connectivity index (χ0v) is 8.21. The average molecular weight is 177 g/mol. The van der Waals surface area contributed by atoms with Gasteiger partial charge in [0.15, 0.2) is 5.89 Å². The number of nitrogens with zero attached hydrogens (tertiary/aromatic N) is 1. The number of rotatable bonds is 4. The SMILES string of the molecule is C=C/C(=C\Cc1nc(C)co1)CC. The molecule has 0 saturated heterocycles. The van der Waals surface area contributed by atoms with Crippen molar-refractivity contribution in [2.24, 2.45) is 0 Å². The second kappa shape index (κ2) is 4.65. The fourth-order valence-corrected chi connectivity index (χ4v) is 1.09. The van der Waals surface area contributed by atoms with Crippen LogP contribution in [0.3, 0.4) is 0 Å². The third kappa shape index (κ3) is 2.90. The number of hydrogen-bond donors (Lipinski definition) is 0. The van der Waals surface area contributed by atoms with Crippen LogP contribution in [-0.2, 0) is 6.42 Å². The molecule has 0 aliphatic rings. The second-order valence-corrected chi connectivity index (χ2v) is 2.92. The highest BCUT2D eigenvalue weighted by Crippen LogP contribution is 2.06. The van der Waals surface area contributed by atoms with E-state index >= 15 is 0 Å². The van der Waals surface area contributed by atoms with Gasteiger partial charge in [-0.15, -0.1) is 0 Å². The van der Waals surface area contributed by atoms with E-state index in [2.05, 4.69) is 24.6 Å². The van der Waals surface area contributed by atoms with Gasteiger partial charge in [-0.1, -0.05) is 31.2 Å². The molecule has 1 aromatic heterocycles. The molecular formula is C11H15NO. The van der Waals surface area contributed by atoms with Gasteiger partial charge in [0.05, 0.1) is 5.69 Å². The summed E-state index contributed by atoms with van der Waals surface area (Å²) in [4.78, 5) is 4.21. The maximum atomic E-state index is 5.21. The van der Waals surface area contributed by atoms with Crippen LogP contribution < -0.4 is 0 Å². The standard InChI is InChI=1S/C11H15NO/c1-4-10(5-2)6-7-11-12-9(3)8-13-11/h4,6,8H,1,5,7H2,2-3H3/b10-6+. The van der Waals surface area contributed by atoms with Gasteiger partial charge in [0.1, 0.15) is 6.26 Å². The van der Waals surface area contributed by atoms with Crippen molar-refractivity contribution >= 4 is 0 Å². The van der Waals surface area contributed by atoms with Crippen molar-refractivity contribution in [1.82, 2.24) is 4.98 Å². The molecule has 0 spiro atoms. The summed E-state index contributed by atoms with van der Waals surface area (Å²) in [6.45, 7) is 7.76. The van der Waals surface area contributed by atoms with Crippen LogP contribution in [0.15, 0.2) is 35.0 Å². The largest absolute Gasteiger partial charge is 0.448 e. The summed E-state index contributed by atoms with van der Waals surface area (Å²) >= 11 is 0. The van der Waals surface area contributed by atoms with Crippen molar-refractivity contribution in [2.45, 2.75) is 26.7 Å². The number of oxazole rings is 1. The maximum absolute atomic E-state index is 5.21. The molecule has 13 heavy (non-hydrogen) atoms. The number of allylic oxidation sites excluding steroid dienone is 3. The lowest BCUT2D eigenvalue weighted by Crippen LogP contribution is -1.83. The molecule has 2 heteroatoms. The molecule has 0 aliphatic heterocycles. The summed E-state index contributed by atoms with van der Waals surface area (Å²) in [6.07, 6.45) is 7.39. The van der Waals surface area contributed by atoms with Crippen LogP contribution in [0.1, 0.15) is 24.9 Å². The van der Waals surface area contributed by atoms with E-state index in [4.69, 9.17) is 4.42 Å². The molecule has 0 atom stereocenters. The van der Waals surface area contributed by atoms with Crippen molar-refractivity contribution in [2.75, 3.05) is 0 Å². The highest BCUT2D eigenvalue weighted by molar-refractivity contribution is 5.16. The topological polar surface area (TPSA) is 26.0 Å². The molecule has 0 N–H and O–H groups in total. The average Bonchev–Trinajstić information content (AvgIpc) is 2.53. The van der Waals surface area contributed by atoms with Crippen LogP contribution in [0.5, 0.6) is 0 Å². The Bertz CT molecular complexity index is 310. The summed E-state index contributed by atoms with van der Waals surface area (Å²) in [6, 6.07) is 0. The van der Waals surface area contributed by atoms with Crippen LogP contribution in [0.2, 0.25) is 0 Å². The Morgan fingerprint density at radius 3 is 2.92 bits per heavy atom. The Labute approximate surface area is 79.0 Å². The van der Waals surface area contributed by atoms with Gasteiger partial charge in [0.25, 0.3) is 0 Å². The zero-order chi connectivity index (χ0) is 9.68. The van der Waals surface area contributed by atoms with Gasteiger partial charge < -0.3 is 4.42 Å². The van der Waals surface area contributed by atoms with Crippen LogP contribution in [-0.4, -0.2) is 4.98 Å². The van der Waals surface area contributed by atoms with Crippen LogP contribution in [0.25, 0.3) is 0 Å². The molecule has 0 unspecified atom stereocenters. The summed E-state index contributed by atoms with van der Waals surface area (Å²) in [7, 11) is 0. The van der Waals surface area contributed by atoms with Crippen molar-refractivity contribution in [3.8, 4) is 0 Å².